The van der Waals surface area contributed by atoms with Gasteiger partial charge in [0, 0.05) is 43.8 Å². The number of imidazole rings is 1. The molecule has 1 fully saturated rings. The first-order valence-corrected chi connectivity index (χ1v) is 6.31. The fraction of sp³-hybridized carbons (Fsp3) is 0.357. The molecular formula is C14H19ClN4. The van der Waals surface area contributed by atoms with Gasteiger partial charge in [0.25, 0.3) is 0 Å². The van der Waals surface area contributed by atoms with Crippen LogP contribution in [0.15, 0.2) is 43.0 Å². The van der Waals surface area contributed by atoms with E-state index in [1.54, 1.807) is 6.20 Å². The summed E-state index contributed by atoms with van der Waals surface area (Å²) >= 11 is 0. The van der Waals surface area contributed by atoms with Gasteiger partial charge in [-0.3, -0.25) is 4.90 Å². The lowest BCUT2D eigenvalue weighted by molar-refractivity contribution is 0.173. The smallest absolute Gasteiger partial charge is 0.0991 e. The summed E-state index contributed by atoms with van der Waals surface area (Å²) in [5.41, 5.74) is 2.51. The van der Waals surface area contributed by atoms with E-state index in [1.165, 1.54) is 5.56 Å². The molecule has 19 heavy (non-hydrogen) atoms. The van der Waals surface area contributed by atoms with E-state index in [0.29, 0.717) is 6.04 Å². The number of benzene rings is 1. The van der Waals surface area contributed by atoms with E-state index in [9.17, 15) is 0 Å². The second-order valence-corrected chi connectivity index (χ2v) is 4.86. The number of nitrogens with zero attached hydrogens (tertiary/aromatic N) is 3. The SMILES string of the molecule is CN(Cc1ccc(-n2ccnc2)cc1)C1CNC1.Cl. The van der Waals surface area contributed by atoms with Gasteiger partial charge < -0.3 is 9.88 Å². The van der Waals surface area contributed by atoms with Crippen LogP contribution in [0, 0.1) is 0 Å². The molecular weight excluding hydrogens is 260 g/mol. The maximum atomic E-state index is 4.06. The second kappa shape index (κ2) is 6.19. The maximum Gasteiger partial charge on any atom is 0.0991 e. The molecule has 0 radical (unpaired) electrons. The summed E-state index contributed by atoms with van der Waals surface area (Å²) in [7, 11) is 2.19. The molecule has 1 N–H and O–H groups in total. The molecule has 4 nitrogen and oxygen atoms in total. The van der Waals surface area contributed by atoms with Gasteiger partial charge in [-0.05, 0) is 24.7 Å². The minimum absolute atomic E-state index is 0. The molecule has 5 heteroatoms. The quantitative estimate of drug-likeness (QED) is 0.924. The summed E-state index contributed by atoms with van der Waals surface area (Å²) in [6.45, 7) is 3.24. The standard InChI is InChI=1S/C14H18N4.ClH/c1-17(14-8-16-9-14)10-12-2-4-13(5-3-12)18-7-6-15-11-18;/h2-7,11,14,16H,8-10H2,1H3;1H. The molecule has 102 valence electrons. The van der Waals surface area contributed by atoms with Gasteiger partial charge in [-0.15, -0.1) is 12.4 Å². The van der Waals surface area contributed by atoms with Crippen LogP contribution in [0.25, 0.3) is 5.69 Å². The minimum atomic E-state index is 0. The number of aromatic nitrogens is 2. The minimum Gasteiger partial charge on any atom is -0.314 e. The van der Waals surface area contributed by atoms with Crippen LogP contribution >= 0.6 is 12.4 Å². The summed E-state index contributed by atoms with van der Waals surface area (Å²) in [6, 6.07) is 9.36. The largest absolute Gasteiger partial charge is 0.314 e. The molecule has 0 unspecified atom stereocenters. The predicted octanol–water partition coefficient (Wildman–Crippen LogP) is 1.70. The third-order valence-electron chi connectivity index (χ3n) is 3.55. The van der Waals surface area contributed by atoms with Crippen molar-refractivity contribution < 1.29 is 0 Å². The zero-order valence-corrected chi connectivity index (χ0v) is 11.8. The Morgan fingerprint density at radius 1 is 1.32 bits per heavy atom. The van der Waals surface area contributed by atoms with Crippen LogP contribution in [0.1, 0.15) is 5.56 Å². The van der Waals surface area contributed by atoms with Gasteiger partial charge >= 0.3 is 0 Å². The molecule has 1 aliphatic heterocycles. The zero-order valence-electron chi connectivity index (χ0n) is 11.0. The number of rotatable bonds is 4. The molecule has 1 saturated heterocycles. The highest BCUT2D eigenvalue weighted by Gasteiger charge is 2.21. The monoisotopic (exact) mass is 278 g/mol. The van der Waals surface area contributed by atoms with Crippen molar-refractivity contribution in [3.8, 4) is 5.69 Å². The van der Waals surface area contributed by atoms with Crippen molar-refractivity contribution >= 4 is 12.4 Å². The van der Waals surface area contributed by atoms with Crippen molar-refractivity contribution in [3.05, 3.63) is 48.5 Å². The molecule has 1 aromatic carbocycles. The third kappa shape index (κ3) is 3.15. The summed E-state index contributed by atoms with van der Waals surface area (Å²) < 4.78 is 2.02. The Balaban J connectivity index is 0.00000133. The highest BCUT2D eigenvalue weighted by Crippen LogP contribution is 2.12. The maximum absolute atomic E-state index is 4.06. The van der Waals surface area contributed by atoms with Crippen LogP contribution in [0.3, 0.4) is 0 Å². The normalized spacial score (nSPS) is 15.1. The third-order valence-corrected chi connectivity index (χ3v) is 3.55. The van der Waals surface area contributed by atoms with E-state index in [0.717, 1.165) is 25.3 Å². The molecule has 0 spiro atoms. The van der Waals surface area contributed by atoms with Crippen LogP contribution < -0.4 is 5.32 Å². The number of likely N-dealkylation sites (N-methyl/N-ethyl adjacent to an activating group) is 1. The fourth-order valence-electron chi connectivity index (χ4n) is 2.19. The van der Waals surface area contributed by atoms with E-state index in [2.05, 4.69) is 46.5 Å². The molecule has 0 saturated carbocycles. The number of hydrogen-bond acceptors (Lipinski definition) is 3. The summed E-state index contributed by atoms with van der Waals surface area (Å²) in [5.74, 6) is 0. The lowest BCUT2D eigenvalue weighted by atomic mass is 10.1. The van der Waals surface area contributed by atoms with Gasteiger partial charge in [-0.2, -0.15) is 0 Å². The van der Waals surface area contributed by atoms with E-state index >= 15 is 0 Å². The fourth-order valence-corrected chi connectivity index (χ4v) is 2.19. The summed E-state index contributed by atoms with van der Waals surface area (Å²) in [4.78, 5) is 6.46. The summed E-state index contributed by atoms with van der Waals surface area (Å²) in [6.07, 6.45) is 5.58. The molecule has 0 aliphatic carbocycles. The number of nitrogens with one attached hydrogen (secondary N) is 1. The Morgan fingerprint density at radius 2 is 2.05 bits per heavy atom. The molecule has 0 amide bonds. The van der Waals surface area contributed by atoms with Gasteiger partial charge in [0.1, 0.15) is 0 Å². The van der Waals surface area contributed by atoms with E-state index in [-0.39, 0.29) is 12.4 Å². The Bertz CT molecular complexity index is 491. The van der Waals surface area contributed by atoms with Crippen LogP contribution in [0.5, 0.6) is 0 Å². The van der Waals surface area contributed by atoms with Crippen LogP contribution in [0.4, 0.5) is 0 Å². The van der Waals surface area contributed by atoms with Crippen LogP contribution in [-0.4, -0.2) is 40.6 Å². The first-order chi connectivity index (χ1) is 8.83. The molecule has 2 aromatic rings. The van der Waals surface area contributed by atoms with Crippen molar-refractivity contribution in [3.63, 3.8) is 0 Å². The van der Waals surface area contributed by atoms with Gasteiger partial charge in [0.05, 0.1) is 6.33 Å². The lowest BCUT2D eigenvalue weighted by Gasteiger charge is -2.35. The first kappa shape index (κ1) is 14.1. The molecule has 1 aliphatic rings. The Labute approximate surface area is 119 Å². The Morgan fingerprint density at radius 3 is 2.58 bits per heavy atom. The van der Waals surface area contributed by atoms with Crippen molar-refractivity contribution in [1.29, 1.82) is 0 Å². The van der Waals surface area contributed by atoms with Gasteiger partial charge in [-0.25, -0.2) is 4.98 Å². The summed E-state index contributed by atoms with van der Waals surface area (Å²) in [5, 5.41) is 3.30. The van der Waals surface area contributed by atoms with Crippen molar-refractivity contribution in [2.24, 2.45) is 0 Å². The first-order valence-electron chi connectivity index (χ1n) is 6.31. The van der Waals surface area contributed by atoms with Crippen molar-refractivity contribution in [2.45, 2.75) is 12.6 Å². The highest BCUT2D eigenvalue weighted by atomic mass is 35.5. The average molecular weight is 279 g/mol. The molecule has 0 atom stereocenters. The van der Waals surface area contributed by atoms with Crippen molar-refractivity contribution in [2.75, 3.05) is 20.1 Å². The number of hydrogen-bond donors (Lipinski definition) is 1. The topological polar surface area (TPSA) is 33.1 Å². The van der Waals surface area contributed by atoms with Crippen molar-refractivity contribution in [1.82, 2.24) is 19.8 Å². The number of halogens is 1. The van der Waals surface area contributed by atoms with E-state index < -0.39 is 0 Å². The molecule has 3 rings (SSSR count). The van der Waals surface area contributed by atoms with E-state index in [1.807, 2.05) is 17.1 Å². The van der Waals surface area contributed by atoms with Crippen LogP contribution in [-0.2, 0) is 6.54 Å². The molecule has 2 heterocycles. The van der Waals surface area contributed by atoms with Gasteiger partial charge in [0.15, 0.2) is 0 Å². The molecule has 0 bridgehead atoms. The van der Waals surface area contributed by atoms with Crippen LogP contribution in [0.2, 0.25) is 0 Å². The second-order valence-electron chi connectivity index (χ2n) is 4.86. The lowest BCUT2D eigenvalue weighted by Crippen LogP contribution is -2.55. The Hall–Kier alpha value is -1.36. The Kier molecular flexibility index (Phi) is 4.58. The predicted molar refractivity (Wildman–Crippen MR) is 78.9 cm³/mol. The van der Waals surface area contributed by atoms with E-state index in [4.69, 9.17) is 0 Å². The zero-order chi connectivity index (χ0) is 12.4. The average Bonchev–Trinajstić information content (AvgIpc) is 2.81. The van der Waals surface area contributed by atoms with Gasteiger partial charge in [-0.1, -0.05) is 12.1 Å². The molecule has 1 aromatic heterocycles. The van der Waals surface area contributed by atoms with Gasteiger partial charge in [0.2, 0.25) is 0 Å². The highest BCUT2D eigenvalue weighted by molar-refractivity contribution is 5.85.